The SMILES string of the molecule is CCC[CH]N1CCN(C)CC1. The molecule has 1 aliphatic rings. The Hall–Kier alpha value is -0.0800. The minimum atomic E-state index is 1.22. The third-order valence-electron chi connectivity index (χ3n) is 2.21. The molecular formula is C9H19N2. The fourth-order valence-corrected chi connectivity index (χ4v) is 1.32. The summed E-state index contributed by atoms with van der Waals surface area (Å²) in [5.74, 6) is 0. The van der Waals surface area contributed by atoms with Crippen LogP contribution in [0.3, 0.4) is 0 Å². The van der Waals surface area contributed by atoms with Crippen molar-refractivity contribution in [2.24, 2.45) is 0 Å². The lowest BCUT2D eigenvalue weighted by Gasteiger charge is -2.31. The van der Waals surface area contributed by atoms with Gasteiger partial charge in [0.1, 0.15) is 0 Å². The highest BCUT2D eigenvalue weighted by molar-refractivity contribution is 4.75. The number of unbranched alkanes of at least 4 members (excludes halogenated alkanes) is 1. The second-order valence-corrected chi connectivity index (χ2v) is 3.31. The molecule has 1 rings (SSSR count). The zero-order valence-corrected chi connectivity index (χ0v) is 7.71. The minimum Gasteiger partial charge on any atom is -0.304 e. The van der Waals surface area contributed by atoms with Gasteiger partial charge in [0.05, 0.1) is 0 Å². The molecule has 1 radical (unpaired) electrons. The van der Waals surface area contributed by atoms with Crippen LogP contribution in [0.15, 0.2) is 0 Å². The Kier molecular flexibility index (Phi) is 3.87. The quantitative estimate of drug-likeness (QED) is 0.604. The molecule has 0 amide bonds. The van der Waals surface area contributed by atoms with E-state index in [2.05, 4.69) is 30.3 Å². The molecule has 0 aromatic heterocycles. The third-order valence-corrected chi connectivity index (χ3v) is 2.21. The van der Waals surface area contributed by atoms with E-state index < -0.39 is 0 Å². The van der Waals surface area contributed by atoms with E-state index in [-0.39, 0.29) is 0 Å². The number of hydrogen-bond donors (Lipinski definition) is 0. The van der Waals surface area contributed by atoms with E-state index in [1.165, 1.54) is 39.0 Å². The predicted molar refractivity (Wildman–Crippen MR) is 48.3 cm³/mol. The molecule has 0 bridgehead atoms. The van der Waals surface area contributed by atoms with Crippen molar-refractivity contribution in [2.45, 2.75) is 19.8 Å². The molecule has 0 aromatic carbocycles. The number of nitrogens with zero attached hydrogens (tertiary/aromatic N) is 2. The number of hydrogen-bond acceptors (Lipinski definition) is 2. The van der Waals surface area contributed by atoms with Gasteiger partial charge in [0.25, 0.3) is 0 Å². The Labute approximate surface area is 70.2 Å². The Balaban J connectivity index is 2.07. The van der Waals surface area contributed by atoms with Crippen LogP contribution in [0.2, 0.25) is 0 Å². The molecule has 0 N–H and O–H groups in total. The number of piperazine rings is 1. The molecular weight excluding hydrogens is 136 g/mol. The maximum atomic E-state index is 2.45. The van der Waals surface area contributed by atoms with Crippen LogP contribution in [0.4, 0.5) is 0 Å². The first-order valence-corrected chi connectivity index (χ1v) is 4.59. The van der Waals surface area contributed by atoms with Crippen LogP contribution in [-0.2, 0) is 0 Å². The zero-order valence-electron chi connectivity index (χ0n) is 7.71. The normalized spacial score (nSPS) is 22.4. The molecule has 0 aromatic rings. The van der Waals surface area contributed by atoms with Gasteiger partial charge in [-0.1, -0.05) is 13.3 Å². The van der Waals surface area contributed by atoms with Crippen molar-refractivity contribution in [3.05, 3.63) is 6.54 Å². The Morgan fingerprint density at radius 2 is 1.82 bits per heavy atom. The van der Waals surface area contributed by atoms with Gasteiger partial charge >= 0.3 is 0 Å². The molecule has 0 atom stereocenters. The summed E-state index contributed by atoms with van der Waals surface area (Å²) in [6, 6.07) is 0. The second kappa shape index (κ2) is 4.73. The van der Waals surface area contributed by atoms with Crippen LogP contribution in [-0.4, -0.2) is 43.0 Å². The maximum absolute atomic E-state index is 2.45. The molecule has 1 heterocycles. The molecule has 0 aliphatic carbocycles. The summed E-state index contributed by atoms with van der Waals surface area (Å²) in [6.45, 7) is 9.47. The summed E-state index contributed by atoms with van der Waals surface area (Å²) in [7, 11) is 2.19. The maximum Gasteiger partial charge on any atom is 0.0252 e. The van der Waals surface area contributed by atoms with Gasteiger partial charge in [-0.15, -0.1) is 0 Å². The van der Waals surface area contributed by atoms with Crippen molar-refractivity contribution in [3.63, 3.8) is 0 Å². The monoisotopic (exact) mass is 155 g/mol. The van der Waals surface area contributed by atoms with E-state index in [4.69, 9.17) is 0 Å². The van der Waals surface area contributed by atoms with Gasteiger partial charge in [-0.25, -0.2) is 0 Å². The van der Waals surface area contributed by atoms with Crippen molar-refractivity contribution >= 4 is 0 Å². The number of likely N-dealkylation sites (N-methyl/N-ethyl adjacent to an activating group) is 1. The van der Waals surface area contributed by atoms with E-state index in [1.54, 1.807) is 0 Å². The van der Waals surface area contributed by atoms with Crippen LogP contribution < -0.4 is 0 Å². The highest BCUT2D eigenvalue weighted by Crippen LogP contribution is 2.04. The summed E-state index contributed by atoms with van der Waals surface area (Å²) in [5.41, 5.74) is 0. The average Bonchev–Trinajstić information content (AvgIpc) is 2.04. The minimum absolute atomic E-state index is 1.22. The molecule has 1 saturated heterocycles. The highest BCUT2D eigenvalue weighted by atomic mass is 15.2. The lowest BCUT2D eigenvalue weighted by atomic mass is 10.3. The van der Waals surface area contributed by atoms with Crippen molar-refractivity contribution < 1.29 is 0 Å². The second-order valence-electron chi connectivity index (χ2n) is 3.31. The van der Waals surface area contributed by atoms with Crippen LogP contribution in [0.25, 0.3) is 0 Å². The summed E-state index contributed by atoms with van der Waals surface area (Å²) < 4.78 is 0. The fourth-order valence-electron chi connectivity index (χ4n) is 1.32. The Bertz CT molecular complexity index is 93.0. The lowest BCUT2D eigenvalue weighted by Crippen LogP contribution is -2.42. The van der Waals surface area contributed by atoms with E-state index in [1.807, 2.05) is 0 Å². The van der Waals surface area contributed by atoms with Crippen LogP contribution in [0, 0.1) is 6.54 Å². The van der Waals surface area contributed by atoms with Gasteiger partial charge < -0.3 is 4.90 Å². The standard InChI is InChI=1S/C9H19N2/c1-3-4-5-11-8-6-10(2)7-9-11/h5H,3-4,6-9H2,1-2H3. The molecule has 1 fully saturated rings. The molecule has 65 valence electrons. The van der Waals surface area contributed by atoms with Crippen LogP contribution >= 0.6 is 0 Å². The summed E-state index contributed by atoms with van der Waals surface area (Å²) in [6.07, 6.45) is 2.51. The van der Waals surface area contributed by atoms with Crippen LogP contribution in [0.1, 0.15) is 19.8 Å². The Morgan fingerprint density at radius 1 is 1.18 bits per heavy atom. The topological polar surface area (TPSA) is 6.48 Å². The van der Waals surface area contributed by atoms with E-state index >= 15 is 0 Å². The first-order valence-electron chi connectivity index (χ1n) is 4.59. The molecule has 2 heteroatoms. The van der Waals surface area contributed by atoms with Crippen molar-refractivity contribution in [1.82, 2.24) is 9.80 Å². The Morgan fingerprint density at radius 3 is 2.36 bits per heavy atom. The highest BCUT2D eigenvalue weighted by Gasteiger charge is 2.12. The summed E-state index contributed by atoms with van der Waals surface area (Å²) in [4.78, 5) is 4.83. The van der Waals surface area contributed by atoms with E-state index in [0.717, 1.165) is 0 Å². The fraction of sp³-hybridized carbons (Fsp3) is 0.889. The molecule has 0 spiro atoms. The molecule has 11 heavy (non-hydrogen) atoms. The van der Waals surface area contributed by atoms with Crippen molar-refractivity contribution in [2.75, 3.05) is 33.2 Å². The van der Waals surface area contributed by atoms with E-state index in [9.17, 15) is 0 Å². The van der Waals surface area contributed by atoms with Gasteiger partial charge in [0.15, 0.2) is 0 Å². The zero-order chi connectivity index (χ0) is 8.10. The van der Waals surface area contributed by atoms with Gasteiger partial charge in [-0.05, 0) is 13.5 Å². The largest absolute Gasteiger partial charge is 0.304 e. The van der Waals surface area contributed by atoms with E-state index in [0.29, 0.717) is 0 Å². The summed E-state index contributed by atoms with van der Waals surface area (Å²) in [5, 5.41) is 0. The first-order chi connectivity index (χ1) is 5.33. The summed E-state index contributed by atoms with van der Waals surface area (Å²) >= 11 is 0. The molecule has 0 saturated carbocycles. The smallest absolute Gasteiger partial charge is 0.0252 e. The average molecular weight is 155 g/mol. The molecule has 1 aliphatic heterocycles. The van der Waals surface area contributed by atoms with Gasteiger partial charge in [-0.2, -0.15) is 0 Å². The number of rotatable bonds is 3. The van der Waals surface area contributed by atoms with Crippen molar-refractivity contribution in [3.8, 4) is 0 Å². The van der Waals surface area contributed by atoms with Gasteiger partial charge in [0, 0.05) is 32.7 Å². The van der Waals surface area contributed by atoms with Crippen molar-refractivity contribution in [1.29, 1.82) is 0 Å². The third kappa shape index (κ3) is 3.21. The van der Waals surface area contributed by atoms with Crippen LogP contribution in [0.5, 0.6) is 0 Å². The molecule has 2 nitrogen and oxygen atoms in total. The predicted octanol–water partition coefficient (Wildman–Crippen LogP) is 1.20. The molecule has 0 unspecified atom stereocenters. The van der Waals surface area contributed by atoms with Gasteiger partial charge in [-0.3, -0.25) is 4.90 Å². The first kappa shape index (κ1) is 9.01. The van der Waals surface area contributed by atoms with Gasteiger partial charge in [0.2, 0.25) is 0 Å². The lowest BCUT2D eigenvalue weighted by molar-refractivity contribution is 0.178.